The molecule has 0 saturated carbocycles. The van der Waals surface area contributed by atoms with E-state index in [1.165, 1.54) is 6.29 Å². The lowest BCUT2D eigenvalue weighted by Crippen LogP contribution is -2.05. The monoisotopic (exact) mass is 239 g/mol. The Hall–Kier alpha value is -2.04. The van der Waals surface area contributed by atoms with Crippen molar-refractivity contribution in [1.82, 2.24) is 0 Å². The van der Waals surface area contributed by atoms with Crippen LogP contribution in [0.3, 0.4) is 0 Å². The minimum Gasteiger partial charge on any atom is -0.451 e. The molecule has 0 saturated heterocycles. The van der Waals surface area contributed by atoms with Gasteiger partial charge in [0, 0.05) is 5.56 Å². The van der Waals surface area contributed by atoms with Gasteiger partial charge in [0.05, 0.1) is 5.56 Å². The molecular weight excluding hydrogens is 233 g/mol. The van der Waals surface area contributed by atoms with Crippen LogP contribution in [0, 0.1) is 0 Å². The maximum absolute atomic E-state index is 12.5. The zero-order valence-electron chi connectivity index (χ0n) is 8.41. The second kappa shape index (κ2) is 4.08. The van der Waals surface area contributed by atoms with E-state index in [0.29, 0.717) is 5.56 Å². The van der Waals surface area contributed by atoms with Gasteiger partial charge >= 0.3 is 6.18 Å². The molecule has 0 aliphatic rings. The zero-order valence-corrected chi connectivity index (χ0v) is 8.41. The Morgan fingerprint density at radius 1 is 1.12 bits per heavy atom. The van der Waals surface area contributed by atoms with E-state index < -0.39 is 17.5 Å². The summed E-state index contributed by atoms with van der Waals surface area (Å²) in [4.78, 5) is 10.4. The fourth-order valence-electron chi connectivity index (χ4n) is 1.42. The lowest BCUT2D eigenvalue weighted by atomic mass is 10.1. The van der Waals surface area contributed by atoms with Crippen molar-refractivity contribution < 1.29 is 22.4 Å². The summed E-state index contributed by atoms with van der Waals surface area (Å²) >= 11 is 0. The van der Waals surface area contributed by atoms with Crippen molar-refractivity contribution in [2.75, 3.05) is 0 Å². The van der Waals surface area contributed by atoms with Gasteiger partial charge in [-0.1, -0.05) is 30.3 Å². The van der Waals surface area contributed by atoms with Crippen LogP contribution in [-0.2, 0) is 11.0 Å². The molecule has 1 aromatic heterocycles. The molecule has 0 N–H and O–H groups in total. The molecule has 0 amide bonds. The van der Waals surface area contributed by atoms with Crippen LogP contribution in [0.1, 0.15) is 11.3 Å². The van der Waals surface area contributed by atoms with E-state index in [0.717, 1.165) is 6.07 Å². The highest BCUT2D eigenvalue weighted by molar-refractivity contribution is 5.80. The summed E-state index contributed by atoms with van der Waals surface area (Å²) in [6.07, 6.45) is -3.47. The number of hydrogen-bond acceptors (Lipinski definition) is 2. The fraction of sp³-hybridized carbons (Fsp3) is 0.0833. The summed E-state index contributed by atoms with van der Waals surface area (Å²) < 4.78 is 42.1. The molecule has 2 rings (SSSR count). The second-order valence-corrected chi connectivity index (χ2v) is 3.32. The molecule has 0 atom stereocenters. The van der Waals surface area contributed by atoms with Crippen LogP contribution in [0.25, 0.3) is 11.3 Å². The van der Waals surface area contributed by atoms with E-state index in [2.05, 4.69) is 4.42 Å². The number of furan rings is 1. The smallest absolute Gasteiger partial charge is 0.450 e. The molecule has 87 valence electrons. The predicted octanol–water partition coefficient (Wildman–Crippen LogP) is 3.42. The van der Waals surface area contributed by atoms with Gasteiger partial charge in [-0.25, -0.2) is 0 Å². The number of carbonyl (C=O) groups excluding carboxylic acids is 1. The van der Waals surface area contributed by atoms with Crippen LogP contribution in [0.15, 0.2) is 40.8 Å². The van der Waals surface area contributed by atoms with Gasteiger partial charge < -0.3 is 4.42 Å². The molecule has 0 fully saturated rings. The van der Waals surface area contributed by atoms with Crippen LogP contribution in [0.5, 0.6) is 0 Å². The first-order valence-electron chi connectivity index (χ1n) is 4.67. The van der Waals surface area contributed by atoms with Gasteiger partial charge in [0.25, 0.3) is 0 Å². The quantitative estimate of drug-likeness (QED) is 0.803. The Morgan fingerprint density at radius 3 is 2.24 bits per heavy atom. The summed E-state index contributed by atoms with van der Waals surface area (Å²) in [6.45, 7) is 0. The Morgan fingerprint density at radius 2 is 1.76 bits per heavy atom. The lowest BCUT2D eigenvalue weighted by molar-refractivity contribution is -0.152. The zero-order chi connectivity index (χ0) is 12.5. The van der Waals surface area contributed by atoms with Crippen LogP contribution in [-0.4, -0.2) is 6.29 Å². The Kier molecular flexibility index (Phi) is 2.75. The SMILES string of the molecule is O=[C]c1cc(-c2ccccc2)oc1C(F)(F)F. The van der Waals surface area contributed by atoms with Crippen LogP contribution in [0.4, 0.5) is 13.2 Å². The average molecular weight is 239 g/mol. The van der Waals surface area contributed by atoms with Crippen LogP contribution < -0.4 is 0 Å². The number of hydrogen-bond donors (Lipinski definition) is 0. The third kappa shape index (κ3) is 2.22. The minimum absolute atomic E-state index is 0.00345. The Labute approximate surface area is 94.7 Å². The molecule has 0 spiro atoms. The number of halogens is 3. The number of benzene rings is 1. The van der Waals surface area contributed by atoms with Crippen molar-refractivity contribution in [3.8, 4) is 11.3 Å². The highest BCUT2D eigenvalue weighted by Gasteiger charge is 2.38. The summed E-state index contributed by atoms with van der Waals surface area (Å²) in [7, 11) is 0. The van der Waals surface area contributed by atoms with Crippen molar-refractivity contribution >= 4 is 6.29 Å². The van der Waals surface area contributed by atoms with Crippen LogP contribution in [0.2, 0.25) is 0 Å². The molecule has 0 bridgehead atoms. The van der Waals surface area contributed by atoms with Gasteiger partial charge in [0.1, 0.15) is 5.76 Å². The van der Waals surface area contributed by atoms with Gasteiger partial charge in [-0.2, -0.15) is 13.2 Å². The fourth-order valence-corrected chi connectivity index (χ4v) is 1.42. The maximum atomic E-state index is 12.5. The highest BCUT2D eigenvalue weighted by atomic mass is 19.4. The molecule has 17 heavy (non-hydrogen) atoms. The summed E-state index contributed by atoms with van der Waals surface area (Å²) in [5, 5.41) is 0. The van der Waals surface area contributed by atoms with Gasteiger partial charge in [-0.3, -0.25) is 4.79 Å². The molecule has 1 aromatic carbocycles. The largest absolute Gasteiger partial charge is 0.451 e. The van der Waals surface area contributed by atoms with Gasteiger partial charge in [-0.15, -0.1) is 0 Å². The van der Waals surface area contributed by atoms with Gasteiger partial charge in [0.15, 0.2) is 0 Å². The van der Waals surface area contributed by atoms with Crippen molar-refractivity contribution in [2.24, 2.45) is 0 Å². The normalized spacial score (nSPS) is 11.5. The van der Waals surface area contributed by atoms with E-state index in [1.54, 1.807) is 30.3 Å². The lowest BCUT2D eigenvalue weighted by Gasteiger charge is -2.02. The van der Waals surface area contributed by atoms with E-state index in [9.17, 15) is 18.0 Å². The van der Waals surface area contributed by atoms with E-state index in [-0.39, 0.29) is 5.76 Å². The van der Waals surface area contributed by atoms with E-state index in [4.69, 9.17) is 0 Å². The molecule has 2 nitrogen and oxygen atoms in total. The number of alkyl halides is 3. The molecule has 2 aromatic rings. The molecule has 5 heteroatoms. The first-order valence-corrected chi connectivity index (χ1v) is 4.67. The van der Waals surface area contributed by atoms with Gasteiger partial charge in [-0.05, 0) is 6.07 Å². The third-order valence-electron chi connectivity index (χ3n) is 2.16. The van der Waals surface area contributed by atoms with Crippen molar-refractivity contribution in [1.29, 1.82) is 0 Å². The number of rotatable bonds is 2. The summed E-state index contributed by atoms with van der Waals surface area (Å²) in [6, 6.07) is 9.26. The minimum atomic E-state index is -4.69. The maximum Gasteiger partial charge on any atom is 0.450 e. The summed E-state index contributed by atoms with van der Waals surface area (Å²) in [5.41, 5.74) is -0.143. The third-order valence-corrected chi connectivity index (χ3v) is 2.16. The molecule has 0 aliphatic heterocycles. The van der Waals surface area contributed by atoms with Crippen molar-refractivity contribution in [2.45, 2.75) is 6.18 Å². The van der Waals surface area contributed by atoms with E-state index >= 15 is 0 Å². The van der Waals surface area contributed by atoms with Gasteiger partial charge in [0.2, 0.25) is 12.0 Å². The molecule has 0 unspecified atom stereocenters. The standard InChI is InChI=1S/C12H6F3O2/c13-12(14,15)11-9(7-16)6-10(17-11)8-4-2-1-3-5-8/h1-6H. The predicted molar refractivity (Wildman–Crippen MR) is 53.9 cm³/mol. The second-order valence-electron chi connectivity index (χ2n) is 3.32. The Bertz CT molecular complexity index is 526. The molecular formula is C12H6F3O2. The Balaban J connectivity index is 2.53. The molecule has 1 radical (unpaired) electrons. The topological polar surface area (TPSA) is 30.2 Å². The average Bonchev–Trinajstić information content (AvgIpc) is 2.74. The summed E-state index contributed by atoms with van der Waals surface area (Å²) in [5.74, 6) is -1.32. The van der Waals surface area contributed by atoms with Crippen molar-refractivity contribution in [3.05, 3.63) is 47.7 Å². The van der Waals surface area contributed by atoms with E-state index in [1.807, 2.05) is 0 Å². The molecule has 1 heterocycles. The highest BCUT2D eigenvalue weighted by Crippen LogP contribution is 2.36. The van der Waals surface area contributed by atoms with Crippen LogP contribution >= 0.6 is 0 Å². The molecule has 0 aliphatic carbocycles. The van der Waals surface area contributed by atoms with Crippen molar-refractivity contribution in [3.63, 3.8) is 0 Å². The first kappa shape index (κ1) is 11.4. The first-order chi connectivity index (χ1) is 8.02.